The highest BCUT2D eigenvalue weighted by molar-refractivity contribution is 8.18. The Kier molecular flexibility index (Phi) is 21.6. The smallest absolute Gasteiger partial charge is 0.0626 e. The molecule has 0 aliphatic carbocycles. The minimum atomic E-state index is 0.426. The summed E-state index contributed by atoms with van der Waals surface area (Å²) in [7, 11) is 0. The highest BCUT2D eigenvalue weighted by atomic mass is 32.2. The van der Waals surface area contributed by atoms with Gasteiger partial charge in [0.2, 0.25) is 0 Å². The zero-order chi connectivity index (χ0) is 16.6. The molecule has 0 aliphatic heterocycles. The van der Waals surface area contributed by atoms with Crippen LogP contribution in [0.3, 0.4) is 0 Å². The number of thioether (sulfide) groups is 4. The van der Waals surface area contributed by atoms with Gasteiger partial charge in [0.25, 0.3) is 0 Å². The molecule has 0 nitrogen and oxygen atoms in total. The van der Waals surface area contributed by atoms with Gasteiger partial charge < -0.3 is 0 Å². The molecule has 22 heavy (non-hydrogen) atoms. The van der Waals surface area contributed by atoms with Gasteiger partial charge in [0.1, 0.15) is 0 Å². The number of thiol groups is 5. The van der Waals surface area contributed by atoms with Crippen molar-refractivity contribution >= 4 is 110 Å². The first-order valence-corrected chi connectivity index (χ1v) is 14.6. The predicted octanol–water partition coefficient (Wildman–Crippen LogP) is 5.02. The highest BCUT2D eigenvalue weighted by Crippen LogP contribution is 2.32. The summed E-state index contributed by atoms with van der Waals surface area (Å²) < 4.78 is 0.558. The Balaban J connectivity index is 4.04. The Morgan fingerprint density at radius 3 is 1.95 bits per heavy atom. The third-order valence-electron chi connectivity index (χ3n) is 2.51. The molecule has 0 radical (unpaired) electrons. The van der Waals surface area contributed by atoms with Gasteiger partial charge in [-0.1, -0.05) is 0 Å². The second-order valence-corrected chi connectivity index (χ2v) is 12.1. The summed E-state index contributed by atoms with van der Waals surface area (Å²) in [6.07, 6.45) is 1.17. The van der Waals surface area contributed by atoms with Crippen LogP contribution >= 0.6 is 110 Å². The van der Waals surface area contributed by atoms with Crippen molar-refractivity contribution in [1.82, 2.24) is 0 Å². The van der Waals surface area contributed by atoms with Crippen LogP contribution in [0.1, 0.15) is 6.42 Å². The van der Waals surface area contributed by atoms with E-state index in [1.807, 2.05) is 47.0 Å². The Morgan fingerprint density at radius 2 is 1.36 bits per heavy atom. The summed E-state index contributed by atoms with van der Waals surface area (Å²) in [5.74, 6) is 9.43. The van der Waals surface area contributed by atoms with Gasteiger partial charge in [-0.3, -0.25) is 0 Å². The standard InChI is InChI=1S/C13H28S9/c14-2-1-5-21-13(22-7-4-16)12(18)10-19-9-11(8-17)20-6-3-15/h11-18H,1-10H2. The zero-order valence-corrected chi connectivity index (χ0v) is 20.4. The largest absolute Gasteiger partial charge is 0.179 e. The van der Waals surface area contributed by atoms with Gasteiger partial charge in [0.15, 0.2) is 0 Å². The van der Waals surface area contributed by atoms with Gasteiger partial charge in [0.05, 0.1) is 4.58 Å². The quantitative estimate of drug-likeness (QED) is 0.121. The van der Waals surface area contributed by atoms with Crippen molar-refractivity contribution in [3.8, 4) is 0 Å². The maximum Gasteiger partial charge on any atom is 0.0626 e. The van der Waals surface area contributed by atoms with Crippen LogP contribution in [0.25, 0.3) is 0 Å². The molecule has 0 fully saturated rings. The summed E-state index contributed by atoms with van der Waals surface area (Å²) in [5, 5.41) is 1.05. The maximum atomic E-state index is 4.86. The second kappa shape index (κ2) is 18.9. The molecule has 0 aliphatic rings. The van der Waals surface area contributed by atoms with Gasteiger partial charge in [-0.05, 0) is 29.4 Å². The van der Waals surface area contributed by atoms with Gasteiger partial charge in [-0.25, -0.2) is 0 Å². The van der Waals surface area contributed by atoms with E-state index >= 15 is 0 Å². The lowest BCUT2D eigenvalue weighted by atomic mass is 10.5. The lowest BCUT2D eigenvalue weighted by Gasteiger charge is -2.23. The van der Waals surface area contributed by atoms with Crippen molar-refractivity contribution in [2.75, 3.05) is 51.8 Å². The Hall–Kier alpha value is 3.15. The van der Waals surface area contributed by atoms with E-state index in [1.54, 1.807) is 0 Å². The summed E-state index contributed by atoms with van der Waals surface area (Å²) in [4.78, 5) is 0. The molecule has 0 rings (SSSR count). The second-order valence-electron chi connectivity index (χ2n) is 4.41. The van der Waals surface area contributed by atoms with Gasteiger partial charge in [-0.15, -0.1) is 23.5 Å². The van der Waals surface area contributed by atoms with E-state index in [0.29, 0.717) is 15.1 Å². The topological polar surface area (TPSA) is 0 Å². The first kappa shape index (κ1) is 25.1. The van der Waals surface area contributed by atoms with Crippen molar-refractivity contribution < 1.29 is 0 Å². The van der Waals surface area contributed by atoms with Crippen LogP contribution in [0.2, 0.25) is 0 Å². The minimum Gasteiger partial charge on any atom is -0.179 e. The minimum absolute atomic E-state index is 0.426. The molecule has 0 aromatic rings. The molecule has 0 saturated heterocycles. The van der Waals surface area contributed by atoms with Crippen LogP contribution < -0.4 is 0 Å². The molecule has 0 saturated carbocycles. The molecule has 0 amide bonds. The van der Waals surface area contributed by atoms with Crippen LogP contribution in [0.5, 0.6) is 0 Å². The lowest BCUT2D eigenvalue weighted by molar-refractivity contribution is 1.07. The van der Waals surface area contributed by atoms with Crippen molar-refractivity contribution in [1.29, 1.82) is 0 Å². The molecule has 9 heteroatoms. The molecule has 0 aromatic carbocycles. The number of hydrogen-bond donors (Lipinski definition) is 5. The fraction of sp³-hybridized carbons (Fsp3) is 1.00. The number of hydrogen-bond acceptors (Lipinski definition) is 9. The normalized spacial score (nSPS) is 15.7. The maximum absolute atomic E-state index is 4.86. The first-order chi connectivity index (χ1) is 10.7. The van der Waals surface area contributed by atoms with Gasteiger partial charge in [-0.2, -0.15) is 86.7 Å². The van der Waals surface area contributed by atoms with Crippen molar-refractivity contribution in [2.45, 2.75) is 21.5 Å². The SMILES string of the molecule is SCCCSC(SCCS)C(S)CSCC(CS)SCCS. The van der Waals surface area contributed by atoms with Crippen LogP contribution in [-0.4, -0.2) is 66.9 Å². The number of rotatable bonds is 16. The summed E-state index contributed by atoms with van der Waals surface area (Å²) >= 11 is 30.2. The lowest BCUT2D eigenvalue weighted by Crippen LogP contribution is -2.20. The Labute approximate surface area is 181 Å². The van der Waals surface area contributed by atoms with E-state index in [4.69, 9.17) is 12.6 Å². The van der Waals surface area contributed by atoms with E-state index in [1.165, 1.54) is 12.2 Å². The fourth-order valence-corrected chi connectivity index (χ4v) is 8.82. The molecule has 0 aromatic heterocycles. The highest BCUT2D eigenvalue weighted by Gasteiger charge is 2.19. The van der Waals surface area contributed by atoms with Crippen molar-refractivity contribution in [2.24, 2.45) is 0 Å². The van der Waals surface area contributed by atoms with Crippen LogP contribution in [0, 0.1) is 0 Å². The molecule has 0 spiro atoms. The molecular weight excluding hydrogens is 445 g/mol. The summed E-state index contributed by atoms with van der Waals surface area (Å²) in [5.41, 5.74) is 0. The Bertz CT molecular complexity index is 230. The average molecular weight is 473 g/mol. The van der Waals surface area contributed by atoms with E-state index in [9.17, 15) is 0 Å². The molecule has 0 bridgehead atoms. The molecular formula is C13H28S9. The first-order valence-electron chi connectivity index (χ1n) is 7.23. The monoisotopic (exact) mass is 472 g/mol. The predicted molar refractivity (Wildman–Crippen MR) is 135 cm³/mol. The van der Waals surface area contributed by atoms with Crippen LogP contribution in [0.4, 0.5) is 0 Å². The van der Waals surface area contributed by atoms with E-state index in [-0.39, 0.29) is 0 Å². The molecule has 0 N–H and O–H groups in total. The van der Waals surface area contributed by atoms with Crippen molar-refractivity contribution in [3.05, 3.63) is 0 Å². The van der Waals surface area contributed by atoms with E-state index in [2.05, 4.69) is 50.5 Å². The molecule has 0 heterocycles. The summed E-state index contributed by atoms with van der Waals surface area (Å²) in [6, 6.07) is 0. The summed E-state index contributed by atoms with van der Waals surface area (Å²) in [6.45, 7) is 0. The van der Waals surface area contributed by atoms with Gasteiger partial charge >= 0.3 is 0 Å². The van der Waals surface area contributed by atoms with E-state index < -0.39 is 0 Å². The third kappa shape index (κ3) is 14.3. The van der Waals surface area contributed by atoms with Crippen molar-refractivity contribution in [3.63, 3.8) is 0 Å². The fourth-order valence-electron chi connectivity index (χ4n) is 1.47. The molecule has 3 unspecified atom stereocenters. The average Bonchev–Trinajstić information content (AvgIpc) is 2.53. The van der Waals surface area contributed by atoms with E-state index in [0.717, 1.165) is 46.0 Å². The van der Waals surface area contributed by atoms with Crippen LogP contribution in [0.15, 0.2) is 0 Å². The van der Waals surface area contributed by atoms with Gasteiger partial charge in [0, 0.05) is 39.3 Å². The Morgan fingerprint density at radius 1 is 0.727 bits per heavy atom. The third-order valence-corrected chi connectivity index (χ3v) is 11.5. The van der Waals surface area contributed by atoms with Crippen LogP contribution in [-0.2, 0) is 0 Å². The zero-order valence-electron chi connectivity index (χ0n) is 12.7. The molecule has 134 valence electrons. The molecule has 3 atom stereocenters.